The van der Waals surface area contributed by atoms with E-state index in [9.17, 15) is 24.5 Å². The summed E-state index contributed by atoms with van der Waals surface area (Å²) in [6, 6.07) is 3.88. The second-order valence-corrected chi connectivity index (χ2v) is 5.65. The van der Waals surface area contributed by atoms with Gasteiger partial charge in [0.2, 0.25) is 0 Å². The molecule has 1 atom stereocenters. The molecular formula is C18H23NO8. The molecule has 1 rings (SSSR count). The van der Waals surface area contributed by atoms with Gasteiger partial charge in [0.25, 0.3) is 5.69 Å². The molecule has 0 radical (unpaired) electrons. The summed E-state index contributed by atoms with van der Waals surface area (Å²) in [6.07, 6.45) is 1.10. The molecule has 0 fully saturated rings. The van der Waals surface area contributed by atoms with E-state index < -0.39 is 40.4 Å². The van der Waals surface area contributed by atoms with Crippen LogP contribution in [0.15, 0.2) is 18.2 Å². The molecule has 0 aliphatic rings. The molecule has 27 heavy (non-hydrogen) atoms. The molecule has 1 aromatic carbocycles. The molecule has 0 aliphatic heterocycles. The summed E-state index contributed by atoms with van der Waals surface area (Å²) >= 11 is 0. The Balaban J connectivity index is 3.58. The Bertz CT molecular complexity index is 699. The first-order valence-electron chi connectivity index (χ1n) is 8.42. The van der Waals surface area contributed by atoms with Gasteiger partial charge in [-0.3, -0.25) is 24.5 Å². The van der Waals surface area contributed by atoms with Crippen molar-refractivity contribution in [2.75, 3.05) is 20.8 Å². The topological polar surface area (TPSA) is 122 Å². The lowest BCUT2D eigenvalue weighted by Gasteiger charge is -2.18. The highest BCUT2D eigenvalue weighted by Crippen LogP contribution is 2.33. The second-order valence-electron chi connectivity index (χ2n) is 5.65. The minimum atomic E-state index is -1.63. The number of carbonyl (C=O) groups is 3. The highest BCUT2D eigenvalue weighted by molar-refractivity contribution is 6.01. The van der Waals surface area contributed by atoms with Gasteiger partial charge >= 0.3 is 17.9 Å². The van der Waals surface area contributed by atoms with E-state index in [2.05, 4.69) is 9.47 Å². The van der Waals surface area contributed by atoms with Crippen LogP contribution in [0.2, 0.25) is 0 Å². The summed E-state index contributed by atoms with van der Waals surface area (Å²) in [7, 11) is 2.12. The van der Waals surface area contributed by atoms with Crippen LogP contribution in [-0.4, -0.2) is 43.7 Å². The third-order valence-corrected chi connectivity index (χ3v) is 3.98. The third kappa shape index (κ3) is 5.25. The van der Waals surface area contributed by atoms with Crippen molar-refractivity contribution in [2.45, 2.75) is 38.5 Å². The van der Waals surface area contributed by atoms with Crippen LogP contribution in [0.3, 0.4) is 0 Å². The van der Waals surface area contributed by atoms with E-state index >= 15 is 0 Å². The number of nitrogens with zero attached hydrogens (tertiary/aromatic N) is 1. The lowest BCUT2D eigenvalue weighted by molar-refractivity contribution is -0.385. The Morgan fingerprint density at radius 3 is 2.11 bits per heavy atom. The third-order valence-electron chi connectivity index (χ3n) is 3.98. The van der Waals surface area contributed by atoms with Gasteiger partial charge < -0.3 is 14.2 Å². The van der Waals surface area contributed by atoms with E-state index in [1.54, 1.807) is 6.92 Å². The molecule has 0 N–H and O–H groups in total. The van der Waals surface area contributed by atoms with E-state index in [0.29, 0.717) is 18.4 Å². The summed E-state index contributed by atoms with van der Waals surface area (Å²) in [5, 5.41) is 11.4. The molecule has 0 aromatic heterocycles. The lowest BCUT2D eigenvalue weighted by atomic mass is 9.89. The number of methoxy groups -OCH3 is 2. The molecule has 0 spiro atoms. The van der Waals surface area contributed by atoms with Crippen molar-refractivity contribution >= 4 is 23.6 Å². The fraction of sp³-hybridized carbons (Fsp3) is 0.500. The fourth-order valence-corrected chi connectivity index (χ4v) is 2.73. The van der Waals surface area contributed by atoms with E-state index in [4.69, 9.17) is 4.74 Å². The standard InChI is InChI=1S/C18H23NO8/c1-5-7-12(16(20)27-6-2)11-8-9-14(19(23)24)13(10-11)15(17(21)25-3)18(22)26-4/h8-10,12,15H,5-7H2,1-4H3. The van der Waals surface area contributed by atoms with Crippen LogP contribution < -0.4 is 0 Å². The molecule has 0 saturated carbocycles. The molecule has 1 unspecified atom stereocenters. The first kappa shape index (κ1) is 22.1. The number of nitro groups is 1. The van der Waals surface area contributed by atoms with Crippen LogP contribution in [0.4, 0.5) is 5.69 Å². The summed E-state index contributed by atoms with van der Waals surface area (Å²) in [5.74, 6) is -4.78. The van der Waals surface area contributed by atoms with Crippen LogP contribution in [0.5, 0.6) is 0 Å². The maximum atomic E-state index is 12.3. The minimum Gasteiger partial charge on any atom is -0.468 e. The number of rotatable bonds is 9. The quantitative estimate of drug-likeness (QED) is 0.210. The maximum Gasteiger partial charge on any atom is 0.324 e. The Hall–Kier alpha value is -2.97. The van der Waals surface area contributed by atoms with Crippen molar-refractivity contribution in [3.63, 3.8) is 0 Å². The molecule has 0 amide bonds. The van der Waals surface area contributed by atoms with Crippen LogP contribution >= 0.6 is 0 Å². The molecule has 0 bridgehead atoms. The van der Waals surface area contributed by atoms with Crippen molar-refractivity contribution in [3.8, 4) is 0 Å². The minimum absolute atomic E-state index is 0.186. The molecule has 0 saturated heterocycles. The van der Waals surface area contributed by atoms with Crippen molar-refractivity contribution in [2.24, 2.45) is 0 Å². The Kier molecular flexibility index (Phi) is 8.37. The normalized spacial score (nSPS) is 11.6. The average Bonchev–Trinajstić information content (AvgIpc) is 2.65. The van der Waals surface area contributed by atoms with E-state index in [1.807, 2.05) is 6.92 Å². The Morgan fingerprint density at radius 1 is 1.07 bits per heavy atom. The molecule has 0 heterocycles. The van der Waals surface area contributed by atoms with Gasteiger partial charge in [-0.25, -0.2) is 0 Å². The van der Waals surface area contributed by atoms with Crippen LogP contribution in [-0.2, 0) is 28.6 Å². The summed E-state index contributed by atoms with van der Waals surface area (Å²) in [4.78, 5) is 47.2. The molecule has 0 aliphatic carbocycles. The average molecular weight is 381 g/mol. The highest BCUT2D eigenvalue weighted by Gasteiger charge is 2.37. The number of carbonyl (C=O) groups excluding carboxylic acids is 3. The van der Waals surface area contributed by atoms with Gasteiger partial charge in [0.1, 0.15) is 0 Å². The lowest BCUT2D eigenvalue weighted by Crippen LogP contribution is -2.26. The van der Waals surface area contributed by atoms with Gasteiger partial charge in [-0.1, -0.05) is 19.4 Å². The van der Waals surface area contributed by atoms with Crippen LogP contribution in [0.25, 0.3) is 0 Å². The molecule has 9 nitrogen and oxygen atoms in total. The number of hydrogen-bond donors (Lipinski definition) is 0. The van der Waals surface area contributed by atoms with Gasteiger partial charge in [0.05, 0.1) is 37.2 Å². The summed E-state index contributed by atoms with van der Waals surface area (Å²) in [6.45, 7) is 3.74. The van der Waals surface area contributed by atoms with E-state index in [-0.39, 0.29) is 12.2 Å². The van der Waals surface area contributed by atoms with Crippen molar-refractivity contribution in [3.05, 3.63) is 39.4 Å². The van der Waals surface area contributed by atoms with Crippen molar-refractivity contribution in [1.29, 1.82) is 0 Å². The maximum absolute atomic E-state index is 12.3. The highest BCUT2D eigenvalue weighted by atomic mass is 16.6. The number of nitro benzene ring substituents is 1. The first-order chi connectivity index (χ1) is 12.8. The Labute approximate surface area is 156 Å². The SMILES string of the molecule is CCCC(C(=O)OCC)c1ccc([N+](=O)[O-])c(C(C(=O)OC)C(=O)OC)c1. The van der Waals surface area contributed by atoms with Gasteiger partial charge in [-0.05, 0) is 25.0 Å². The predicted octanol–water partition coefficient (Wildman–Crippen LogP) is 2.47. The molecule has 1 aromatic rings. The summed E-state index contributed by atoms with van der Waals surface area (Å²) in [5.41, 5.74) is -0.228. The van der Waals surface area contributed by atoms with Crippen LogP contribution in [0, 0.1) is 10.1 Å². The number of benzene rings is 1. The number of esters is 3. The molecular weight excluding hydrogens is 358 g/mol. The van der Waals surface area contributed by atoms with Crippen LogP contribution in [0.1, 0.15) is 49.7 Å². The zero-order valence-corrected chi connectivity index (χ0v) is 15.7. The first-order valence-corrected chi connectivity index (χ1v) is 8.42. The Morgan fingerprint density at radius 2 is 1.67 bits per heavy atom. The predicted molar refractivity (Wildman–Crippen MR) is 94.2 cm³/mol. The summed E-state index contributed by atoms with van der Waals surface area (Å²) < 4.78 is 14.3. The zero-order valence-electron chi connectivity index (χ0n) is 15.7. The smallest absolute Gasteiger partial charge is 0.324 e. The number of hydrogen-bond acceptors (Lipinski definition) is 8. The van der Waals surface area contributed by atoms with Crippen molar-refractivity contribution < 1.29 is 33.5 Å². The van der Waals surface area contributed by atoms with Gasteiger partial charge in [0.15, 0.2) is 5.92 Å². The molecule has 148 valence electrons. The molecule has 9 heteroatoms. The number of ether oxygens (including phenoxy) is 3. The van der Waals surface area contributed by atoms with Gasteiger partial charge in [-0.15, -0.1) is 0 Å². The van der Waals surface area contributed by atoms with E-state index in [1.165, 1.54) is 12.1 Å². The van der Waals surface area contributed by atoms with Gasteiger partial charge in [-0.2, -0.15) is 0 Å². The van der Waals surface area contributed by atoms with E-state index in [0.717, 1.165) is 20.3 Å². The fourth-order valence-electron chi connectivity index (χ4n) is 2.73. The van der Waals surface area contributed by atoms with Crippen molar-refractivity contribution in [1.82, 2.24) is 0 Å². The van der Waals surface area contributed by atoms with Gasteiger partial charge in [0, 0.05) is 6.07 Å². The second kappa shape index (κ2) is 10.2. The monoisotopic (exact) mass is 381 g/mol. The zero-order chi connectivity index (χ0) is 20.6. The largest absolute Gasteiger partial charge is 0.468 e.